The van der Waals surface area contributed by atoms with Gasteiger partial charge in [-0.05, 0) is 57.0 Å². The number of aryl methyl sites for hydroxylation is 2. The molecule has 0 aliphatic carbocycles. The van der Waals surface area contributed by atoms with Crippen LogP contribution in [-0.2, 0) is 38.4 Å². The fourth-order valence-electron chi connectivity index (χ4n) is 3.79. The van der Waals surface area contributed by atoms with Crippen LogP contribution in [0.25, 0.3) is 0 Å². The second kappa shape index (κ2) is 21.2. The molecule has 2 heterocycles. The Morgan fingerprint density at radius 2 is 1.06 bits per heavy atom. The van der Waals surface area contributed by atoms with Gasteiger partial charge in [-0.1, -0.05) is 64.7 Å². The van der Waals surface area contributed by atoms with E-state index in [1.807, 2.05) is 20.8 Å². The maximum atomic E-state index is 13.4. The Kier molecular flexibility index (Phi) is 18.6. The van der Waals surface area contributed by atoms with Crippen LogP contribution in [0.1, 0.15) is 79.4 Å². The zero-order valence-electron chi connectivity index (χ0n) is 31.5. The lowest BCUT2D eigenvalue weighted by Crippen LogP contribution is -2.36. The molecule has 2 aliphatic rings. The van der Waals surface area contributed by atoms with Gasteiger partial charge in [-0.2, -0.15) is 4.39 Å². The van der Waals surface area contributed by atoms with Gasteiger partial charge >= 0.3 is 17.9 Å². The number of carbonyl (C=O) groups excluding carboxylic acids is 7. The summed E-state index contributed by atoms with van der Waals surface area (Å²) in [5, 5.41) is 1.27. The molecule has 0 N–H and O–H groups in total. The standard InChI is InChI=1S/C11H12Cl2O2.C11H11F3O2.C8H11NO4.C7H9NO2/c1-6(2)11(14)15-10-8(12)4-7(3)5-9(10)13;1-5(2)11(15)16-10-8(13)6(3)4-7(12)9(10)14;1-5(2)8(12)13-9-6(10)3-4-7(9)11;1-5(2)8-6(9)3-4-7(8)10/h4-6H,1-3H3;4-5H,1-3H3;5H,3-4H2,1-2H3;3-5H,1-2H3. The molecule has 1 saturated heterocycles. The largest absolute Gasteiger partial charge is 0.423 e. The number of rotatable bonds is 7. The quantitative estimate of drug-likeness (QED) is 0.120. The number of benzene rings is 2. The summed E-state index contributed by atoms with van der Waals surface area (Å²) in [5.74, 6) is -8.68. The van der Waals surface area contributed by atoms with Crippen LogP contribution >= 0.6 is 23.2 Å². The molecule has 0 bridgehead atoms. The van der Waals surface area contributed by atoms with Gasteiger partial charge in [0.25, 0.3) is 23.6 Å². The zero-order valence-corrected chi connectivity index (χ0v) is 33.0. The number of nitrogens with zero attached hydrogens (tertiary/aromatic N) is 2. The molecule has 4 rings (SSSR count). The van der Waals surface area contributed by atoms with Gasteiger partial charge in [0, 0.05) is 31.0 Å². The second-order valence-corrected chi connectivity index (χ2v) is 13.8. The number of carbonyl (C=O) groups is 7. The van der Waals surface area contributed by atoms with E-state index in [4.69, 9.17) is 27.9 Å². The van der Waals surface area contributed by atoms with Gasteiger partial charge in [0.1, 0.15) is 0 Å². The Balaban J connectivity index is 0.000000365. The Bertz CT molecular complexity index is 1710. The van der Waals surface area contributed by atoms with Crippen LogP contribution in [0.5, 0.6) is 11.5 Å². The highest BCUT2D eigenvalue weighted by Gasteiger charge is 2.33. The minimum atomic E-state index is -1.49. The number of halogens is 5. The molecule has 0 radical (unpaired) electrons. The van der Waals surface area contributed by atoms with E-state index in [-0.39, 0.29) is 59.8 Å². The van der Waals surface area contributed by atoms with Crippen molar-refractivity contribution in [1.82, 2.24) is 9.96 Å². The van der Waals surface area contributed by atoms with Crippen molar-refractivity contribution in [3.8, 4) is 11.5 Å². The highest BCUT2D eigenvalue weighted by Crippen LogP contribution is 2.34. The Labute approximate surface area is 321 Å². The van der Waals surface area contributed by atoms with Crippen LogP contribution in [0.2, 0.25) is 10.0 Å². The number of hydrogen-bond donors (Lipinski definition) is 0. The first-order chi connectivity index (χ1) is 24.9. The second-order valence-electron chi connectivity index (χ2n) is 13.0. The van der Waals surface area contributed by atoms with Gasteiger partial charge in [-0.25, -0.2) is 13.6 Å². The number of imide groups is 2. The van der Waals surface area contributed by atoms with E-state index >= 15 is 0 Å². The van der Waals surface area contributed by atoms with Gasteiger partial charge in [-0.15, -0.1) is 5.06 Å². The normalized spacial score (nSPS) is 13.5. The van der Waals surface area contributed by atoms with E-state index in [1.165, 1.54) is 37.8 Å². The fraction of sp³-hybridized carbons (Fsp3) is 0.432. The highest BCUT2D eigenvalue weighted by molar-refractivity contribution is 6.37. The minimum Gasteiger partial charge on any atom is -0.423 e. The van der Waals surface area contributed by atoms with Crippen LogP contribution < -0.4 is 9.47 Å². The van der Waals surface area contributed by atoms with Crippen LogP contribution in [-0.4, -0.2) is 57.5 Å². The van der Waals surface area contributed by atoms with Crippen molar-refractivity contribution in [3.63, 3.8) is 0 Å². The summed E-state index contributed by atoms with van der Waals surface area (Å²) < 4.78 is 49.1. The lowest BCUT2D eigenvalue weighted by atomic mass is 10.2. The predicted octanol–water partition coefficient (Wildman–Crippen LogP) is 7.41. The molecule has 54 heavy (non-hydrogen) atoms. The maximum Gasteiger partial charge on any atom is 0.335 e. The van der Waals surface area contributed by atoms with Crippen molar-refractivity contribution in [3.05, 3.63) is 69.0 Å². The van der Waals surface area contributed by atoms with Crippen LogP contribution in [0, 0.1) is 49.1 Å². The molecule has 0 unspecified atom stereocenters. The van der Waals surface area contributed by atoms with Crippen molar-refractivity contribution in [2.45, 2.75) is 88.1 Å². The van der Waals surface area contributed by atoms with Crippen LogP contribution in [0.15, 0.2) is 30.4 Å². The number of amides is 4. The maximum absolute atomic E-state index is 13.4. The molecular formula is C37H43Cl2F3N2O10. The van der Waals surface area contributed by atoms with Gasteiger partial charge in [0.05, 0.1) is 27.8 Å². The predicted molar refractivity (Wildman–Crippen MR) is 191 cm³/mol. The van der Waals surface area contributed by atoms with Crippen molar-refractivity contribution in [2.24, 2.45) is 17.8 Å². The molecule has 0 saturated carbocycles. The molecule has 4 amide bonds. The molecule has 0 aromatic heterocycles. The van der Waals surface area contributed by atoms with Crippen molar-refractivity contribution in [2.75, 3.05) is 0 Å². The van der Waals surface area contributed by atoms with E-state index in [0.717, 1.165) is 5.56 Å². The lowest BCUT2D eigenvalue weighted by molar-refractivity contribution is -0.199. The summed E-state index contributed by atoms with van der Waals surface area (Å²) in [6, 6.07) is 4.08. The third-order valence-electron chi connectivity index (χ3n) is 6.81. The summed E-state index contributed by atoms with van der Waals surface area (Å²) in [5.41, 5.74) is 0.805. The molecule has 17 heteroatoms. The SMILES string of the molecule is CC(C)C(=O)ON1C(=O)CCC1=O.CC(C)N1C(=O)C=CC1=O.Cc1cc(Cl)c(OC(=O)C(C)C)c(Cl)c1.Cc1cc(F)c(F)c(OC(=O)C(C)C)c1F. The molecular weight excluding hydrogens is 760 g/mol. The number of hydrogen-bond acceptors (Lipinski definition) is 10. The van der Waals surface area contributed by atoms with Crippen LogP contribution in [0.4, 0.5) is 13.2 Å². The lowest BCUT2D eigenvalue weighted by Gasteiger charge is -2.17. The number of esters is 2. The third-order valence-corrected chi connectivity index (χ3v) is 7.37. The molecule has 0 atom stereocenters. The van der Waals surface area contributed by atoms with E-state index in [1.54, 1.807) is 39.8 Å². The average molecular weight is 804 g/mol. The van der Waals surface area contributed by atoms with E-state index in [0.29, 0.717) is 21.2 Å². The van der Waals surface area contributed by atoms with Crippen molar-refractivity contribution in [1.29, 1.82) is 0 Å². The van der Waals surface area contributed by atoms with E-state index in [2.05, 4.69) is 9.57 Å². The summed E-state index contributed by atoms with van der Waals surface area (Å²) in [7, 11) is 0. The summed E-state index contributed by atoms with van der Waals surface area (Å²) in [4.78, 5) is 83.0. The smallest absolute Gasteiger partial charge is 0.335 e. The van der Waals surface area contributed by atoms with Gasteiger partial charge in [0.15, 0.2) is 17.4 Å². The fourth-order valence-corrected chi connectivity index (χ4v) is 4.46. The topological polar surface area (TPSA) is 154 Å². The Morgan fingerprint density at radius 1 is 0.648 bits per heavy atom. The third kappa shape index (κ3) is 13.9. The number of hydroxylamine groups is 2. The van der Waals surface area contributed by atoms with Gasteiger partial charge in [-0.3, -0.25) is 33.7 Å². The van der Waals surface area contributed by atoms with E-state index in [9.17, 15) is 46.7 Å². The Hall–Kier alpha value is -4.76. The molecule has 296 valence electrons. The zero-order chi connectivity index (χ0) is 41.8. The minimum absolute atomic E-state index is 0.0324. The summed E-state index contributed by atoms with van der Waals surface area (Å²) in [6.07, 6.45) is 2.85. The first kappa shape index (κ1) is 47.3. The molecule has 0 spiro atoms. The van der Waals surface area contributed by atoms with Gasteiger partial charge in [0.2, 0.25) is 11.6 Å². The van der Waals surface area contributed by atoms with Gasteiger partial charge < -0.3 is 14.3 Å². The number of ether oxygens (including phenoxy) is 2. The Morgan fingerprint density at radius 3 is 1.43 bits per heavy atom. The van der Waals surface area contributed by atoms with Crippen molar-refractivity contribution >= 4 is 64.7 Å². The first-order valence-corrected chi connectivity index (χ1v) is 17.3. The summed E-state index contributed by atoms with van der Waals surface area (Å²) in [6.45, 7) is 16.5. The molecule has 2 aromatic carbocycles. The molecule has 1 fully saturated rings. The van der Waals surface area contributed by atoms with E-state index < -0.39 is 52.9 Å². The summed E-state index contributed by atoms with van der Waals surface area (Å²) >= 11 is 11.8. The van der Waals surface area contributed by atoms with Crippen LogP contribution in [0.3, 0.4) is 0 Å². The molecule has 2 aliphatic heterocycles. The average Bonchev–Trinajstić information content (AvgIpc) is 3.58. The monoisotopic (exact) mass is 802 g/mol. The molecule has 2 aromatic rings. The first-order valence-electron chi connectivity index (χ1n) is 16.6. The van der Waals surface area contributed by atoms with Crippen molar-refractivity contribution < 1.29 is 61.0 Å². The highest BCUT2D eigenvalue weighted by atomic mass is 35.5. The molecule has 12 nitrogen and oxygen atoms in total.